The van der Waals surface area contributed by atoms with Crippen molar-refractivity contribution >= 4 is 12.0 Å². The fraction of sp³-hybridized carbons (Fsp3) is 0.160. The first-order valence-corrected chi connectivity index (χ1v) is 9.60. The maximum absolute atomic E-state index is 12.2. The molecule has 28 heavy (non-hydrogen) atoms. The molecule has 1 heterocycles. The van der Waals surface area contributed by atoms with Crippen molar-refractivity contribution in [1.82, 2.24) is 5.06 Å². The highest BCUT2D eigenvalue weighted by atomic mass is 16.7. The van der Waals surface area contributed by atoms with Gasteiger partial charge in [-0.1, -0.05) is 97.1 Å². The standard InChI is InChI=1S/C25H23NO2/c27-25-24(18-26(25)28-19-21-8-3-1-4-9-21)13-7-10-20-14-16-23(17-15-20)22-11-5-2-6-12-22/h1-12,14-17,24H,13,18-19H2/t24-/m1/s1. The Morgan fingerprint density at radius 3 is 2.18 bits per heavy atom. The first-order chi connectivity index (χ1) is 13.8. The number of hydrogen-bond acceptors (Lipinski definition) is 2. The Hall–Kier alpha value is -3.17. The van der Waals surface area contributed by atoms with Crippen LogP contribution in [0.25, 0.3) is 17.2 Å². The second kappa shape index (κ2) is 8.68. The highest BCUT2D eigenvalue weighted by Crippen LogP contribution is 2.24. The van der Waals surface area contributed by atoms with Crippen LogP contribution in [0.5, 0.6) is 0 Å². The molecule has 3 nitrogen and oxygen atoms in total. The molecule has 1 saturated heterocycles. The summed E-state index contributed by atoms with van der Waals surface area (Å²) in [4.78, 5) is 17.8. The maximum Gasteiger partial charge on any atom is 0.251 e. The van der Waals surface area contributed by atoms with Gasteiger partial charge in [-0.2, -0.15) is 0 Å². The smallest absolute Gasteiger partial charge is 0.251 e. The lowest BCUT2D eigenvalue weighted by Gasteiger charge is -2.36. The summed E-state index contributed by atoms with van der Waals surface area (Å²) in [5, 5.41) is 1.47. The quantitative estimate of drug-likeness (QED) is 0.526. The minimum absolute atomic E-state index is 0.0237. The fourth-order valence-electron chi connectivity index (χ4n) is 3.26. The van der Waals surface area contributed by atoms with E-state index in [1.807, 2.05) is 48.5 Å². The fourth-order valence-corrected chi connectivity index (χ4v) is 3.26. The molecule has 1 aliphatic rings. The number of hydrogen-bond donors (Lipinski definition) is 0. The van der Waals surface area contributed by atoms with Gasteiger partial charge < -0.3 is 0 Å². The highest BCUT2D eigenvalue weighted by Gasteiger charge is 2.36. The lowest BCUT2D eigenvalue weighted by atomic mass is 9.96. The first kappa shape index (κ1) is 18.2. The molecular formula is C25H23NO2. The third-order valence-corrected chi connectivity index (χ3v) is 4.96. The van der Waals surface area contributed by atoms with Crippen LogP contribution in [0.2, 0.25) is 0 Å². The summed E-state index contributed by atoms with van der Waals surface area (Å²) in [6.45, 7) is 1.09. The molecule has 3 aromatic rings. The van der Waals surface area contributed by atoms with Crippen molar-refractivity contribution < 1.29 is 9.63 Å². The van der Waals surface area contributed by atoms with E-state index in [1.54, 1.807) is 0 Å². The summed E-state index contributed by atoms with van der Waals surface area (Å²) >= 11 is 0. The van der Waals surface area contributed by atoms with Gasteiger partial charge in [-0.3, -0.25) is 9.63 Å². The van der Waals surface area contributed by atoms with Crippen molar-refractivity contribution in [3.8, 4) is 11.1 Å². The molecule has 1 amide bonds. The van der Waals surface area contributed by atoms with Crippen molar-refractivity contribution in [3.63, 3.8) is 0 Å². The molecule has 3 aromatic carbocycles. The van der Waals surface area contributed by atoms with Crippen LogP contribution in [0.1, 0.15) is 17.5 Å². The van der Waals surface area contributed by atoms with Crippen LogP contribution >= 0.6 is 0 Å². The Balaban J connectivity index is 1.24. The molecule has 0 saturated carbocycles. The zero-order chi connectivity index (χ0) is 19.2. The maximum atomic E-state index is 12.2. The number of nitrogens with zero attached hydrogens (tertiary/aromatic N) is 1. The molecule has 0 N–H and O–H groups in total. The predicted octanol–water partition coefficient (Wildman–Crippen LogP) is 5.35. The van der Waals surface area contributed by atoms with Crippen LogP contribution in [0.15, 0.2) is 91.0 Å². The molecule has 1 aliphatic heterocycles. The zero-order valence-corrected chi connectivity index (χ0v) is 15.7. The van der Waals surface area contributed by atoms with Crippen LogP contribution in [0.4, 0.5) is 0 Å². The number of rotatable bonds is 7. The molecule has 0 aliphatic carbocycles. The van der Waals surface area contributed by atoms with Gasteiger partial charge in [-0.15, -0.1) is 0 Å². The van der Waals surface area contributed by atoms with Crippen molar-refractivity contribution in [1.29, 1.82) is 0 Å². The molecule has 0 bridgehead atoms. The molecule has 1 fully saturated rings. The lowest BCUT2D eigenvalue weighted by Crippen LogP contribution is -2.51. The van der Waals surface area contributed by atoms with Gasteiger partial charge in [0, 0.05) is 0 Å². The molecule has 140 valence electrons. The molecule has 0 unspecified atom stereocenters. The minimum atomic E-state index is 0.0237. The third kappa shape index (κ3) is 4.38. The Labute approximate surface area is 165 Å². The lowest BCUT2D eigenvalue weighted by molar-refractivity contribution is -0.225. The number of hydroxylamine groups is 2. The van der Waals surface area contributed by atoms with E-state index < -0.39 is 0 Å². The van der Waals surface area contributed by atoms with E-state index in [0.717, 1.165) is 17.5 Å². The van der Waals surface area contributed by atoms with E-state index in [-0.39, 0.29) is 11.8 Å². The summed E-state index contributed by atoms with van der Waals surface area (Å²) < 4.78 is 0. The number of allylic oxidation sites excluding steroid dienone is 1. The van der Waals surface area contributed by atoms with E-state index in [4.69, 9.17) is 4.84 Å². The van der Waals surface area contributed by atoms with Gasteiger partial charge >= 0.3 is 0 Å². The van der Waals surface area contributed by atoms with Crippen molar-refractivity contribution in [2.24, 2.45) is 5.92 Å². The van der Waals surface area contributed by atoms with Gasteiger partial charge in [-0.05, 0) is 28.7 Å². The summed E-state index contributed by atoms with van der Waals surface area (Å²) in [6.07, 6.45) is 4.90. The summed E-state index contributed by atoms with van der Waals surface area (Å²) in [5.74, 6) is 0.0932. The van der Waals surface area contributed by atoms with Crippen molar-refractivity contribution in [2.75, 3.05) is 6.54 Å². The number of β-lactam (4-membered cyclic amide) rings is 1. The average molecular weight is 369 g/mol. The largest absolute Gasteiger partial charge is 0.272 e. The average Bonchev–Trinajstić information content (AvgIpc) is 2.76. The van der Waals surface area contributed by atoms with Crippen LogP contribution in [-0.4, -0.2) is 17.5 Å². The van der Waals surface area contributed by atoms with Crippen LogP contribution in [0, 0.1) is 5.92 Å². The van der Waals surface area contributed by atoms with E-state index in [0.29, 0.717) is 13.2 Å². The number of carbonyl (C=O) groups excluding carboxylic acids is 1. The monoisotopic (exact) mass is 369 g/mol. The number of benzene rings is 3. The van der Waals surface area contributed by atoms with Gasteiger partial charge in [0.15, 0.2) is 0 Å². The van der Waals surface area contributed by atoms with E-state index >= 15 is 0 Å². The number of carbonyl (C=O) groups is 1. The summed E-state index contributed by atoms with van der Waals surface area (Å²) in [6, 6.07) is 28.7. The topological polar surface area (TPSA) is 29.5 Å². The van der Waals surface area contributed by atoms with E-state index in [2.05, 4.69) is 48.6 Å². The molecule has 1 atom stereocenters. The SMILES string of the molecule is O=C1[C@H](CC=Cc2ccc(-c3ccccc3)cc2)CN1OCc1ccccc1. The number of amides is 1. The summed E-state index contributed by atoms with van der Waals surface area (Å²) in [5.41, 5.74) is 4.63. The molecule has 0 radical (unpaired) electrons. The van der Waals surface area contributed by atoms with Crippen LogP contribution < -0.4 is 0 Å². The van der Waals surface area contributed by atoms with Crippen molar-refractivity contribution in [2.45, 2.75) is 13.0 Å². The van der Waals surface area contributed by atoms with E-state index in [1.165, 1.54) is 16.2 Å². The Bertz CT molecular complexity index is 933. The molecule has 0 spiro atoms. The normalized spacial score (nSPS) is 16.4. The van der Waals surface area contributed by atoms with Crippen molar-refractivity contribution in [3.05, 3.63) is 102 Å². The highest BCUT2D eigenvalue weighted by molar-refractivity contribution is 5.83. The van der Waals surface area contributed by atoms with Gasteiger partial charge in [0.1, 0.15) is 6.61 Å². The second-order valence-corrected chi connectivity index (χ2v) is 6.98. The molecular weight excluding hydrogens is 346 g/mol. The first-order valence-electron chi connectivity index (χ1n) is 9.60. The van der Waals surface area contributed by atoms with E-state index in [9.17, 15) is 4.79 Å². The second-order valence-electron chi connectivity index (χ2n) is 6.98. The summed E-state index contributed by atoms with van der Waals surface area (Å²) in [7, 11) is 0. The molecule has 3 heteroatoms. The van der Waals surface area contributed by atoms with Crippen LogP contribution in [-0.2, 0) is 16.2 Å². The van der Waals surface area contributed by atoms with Crippen LogP contribution in [0.3, 0.4) is 0 Å². The van der Waals surface area contributed by atoms with Gasteiger partial charge in [0.05, 0.1) is 12.5 Å². The predicted molar refractivity (Wildman–Crippen MR) is 112 cm³/mol. The Morgan fingerprint density at radius 1 is 0.857 bits per heavy atom. The van der Waals surface area contributed by atoms with Gasteiger partial charge in [0.25, 0.3) is 5.91 Å². The molecule has 0 aromatic heterocycles. The molecule has 4 rings (SSSR count). The van der Waals surface area contributed by atoms with Gasteiger partial charge in [-0.25, -0.2) is 5.06 Å². The third-order valence-electron chi connectivity index (χ3n) is 4.96. The zero-order valence-electron chi connectivity index (χ0n) is 15.7. The Kier molecular flexibility index (Phi) is 5.64. The Morgan fingerprint density at radius 2 is 1.50 bits per heavy atom. The van der Waals surface area contributed by atoms with Gasteiger partial charge in [0.2, 0.25) is 0 Å². The minimum Gasteiger partial charge on any atom is -0.272 e.